The van der Waals surface area contributed by atoms with Crippen molar-refractivity contribution in [2.75, 3.05) is 18.7 Å². The van der Waals surface area contributed by atoms with Crippen molar-refractivity contribution in [1.82, 2.24) is 0 Å². The second-order valence-corrected chi connectivity index (χ2v) is 6.17. The summed E-state index contributed by atoms with van der Waals surface area (Å²) >= 11 is 0. The number of benzene rings is 2. The largest absolute Gasteiger partial charge is 0.456 e. The minimum atomic E-state index is -0.481. The Kier molecular flexibility index (Phi) is 2.96. The molecule has 1 N–H and O–H groups in total. The normalized spacial score (nSPS) is 19.5. The number of rotatable bonds is 2. The van der Waals surface area contributed by atoms with Crippen LogP contribution >= 0.6 is 0 Å². The number of carbonyl (C=O) groups excluding carboxylic acids is 1. The van der Waals surface area contributed by atoms with E-state index >= 15 is 0 Å². The van der Waals surface area contributed by atoms with Crippen molar-refractivity contribution in [2.45, 2.75) is 5.92 Å². The molecular formula is C18H12N2O6. The van der Waals surface area contributed by atoms with Gasteiger partial charge in [0.15, 0.2) is 11.5 Å². The van der Waals surface area contributed by atoms with Crippen LogP contribution < -0.4 is 14.8 Å². The van der Waals surface area contributed by atoms with Gasteiger partial charge in [0.25, 0.3) is 5.69 Å². The fourth-order valence-corrected chi connectivity index (χ4v) is 3.60. The van der Waals surface area contributed by atoms with Gasteiger partial charge in [0, 0.05) is 29.8 Å². The topological polar surface area (TPSA) is 99.9 Å². The Labute approximate surface area is 147 Å². The molecule has 0 bridgehead atoms. The molecule has 0 spiro atoms. The predicted octanol–water partition coefficient (Wildman–Crippen LogP) is 2.69. The molecule has 130 valence electrons. The predicted molar refractivity (Wildman–Crippen MR) is 89.1 cm³/mol. The van der Waals surface area contributed by atoms with E-state index in [0.717, 1.165) is 11.3 Å². The Balaban J connectivity index is 1.73. The maximum absolute atomic E-state index is 12.3. The Morgan fingerprint density at radius 1 is 1.12 bits per heavy atom. The molecule has 3 aliphatic rings. The molecule has 3 aliphatic heterocycles. The highest BCUT2D eigenvalue weighted by molar-refractivity contribution is 5.97. The van der Waals surface area contributed by atoms with E-state index in [-0.39, 0.29) is 19.1 Å². The summed E-state index contributed by atoms with van der Waals surface area (Å²) in [5.41, 5.74) is 3.30. The van der Waals surface area contributed by atoms with Crippen molar-refractivity contribution in [3.63, 3.8) is 0 Å². The van der Waals surface area contributed by atoms with Crippen LogP contribution in [0.15, 0.2) is 47.7 Å². The van der Waals surface area contributed by atoms with E-state index in [0.29, 0.717) is 28.3 Å². The first-order valence-corrected chi connectivity index (χ1v) is 7.97. The molecule has 2 aromatic carbocycles. The molecule has 0 amide bonds. The molecule has 8 nitrogen and oxygen atoms in total. The van der Waals surface area contributed by atoms with Crippen molar-refractivity contribution in [1.29, 1.82) is 0 Å². The first-order chi connectivity index (χ1) is 12.6. The van der Waals surface area contributed by atoms with E-state index in [9.17, 15) is 14.9 Å². The molecule has 0 aromatic heterocycles. The third-order valence-corrected chi connectivity index (χ3v) is 4.74. The number of nitro groups is 1. The summed E-state index contributed by atoms with van der Waals surface area (Å²) < 4.78 is 16.1. The van der Waals surface area contributed by atoms with Gasteiger partial charge < -0.3 is 19.5 Å². The molecular weight excluding hydrogens is 340 g/mol. The van der Waals surface area contributed by atoms with Gasteiger partial charge in [-0.3, -0.25) is 10.1 Å². The third kappa shape index (κ3) is 2.05. The second-order valence-electron chi connectivity index (χ2n) is 6.17. The number of esters is 1. The number of ether oxygens (including phenoxy) is 3. The molecule has 0 saturated carbocycles. The lowest BCUT2D eigenvalue weighted by atomic mass is 9.81. The standard InChI is InChI=1S/C18H12N2O6/c21-18-17-13(7-24-18)19-12-6-15-14(25-8-26-15)5-11(12)16(17)9-2-1-3-10(4-9)20(22)23/h1-6,16,19H,7-8H2. The first-order valence-electron chi connectivity index (χ1n) is 7.97. The lowest BCUT2D eigenvalue weighted by Crippen LogP contribution is -2.20. The van der Waals surface area contributed by atoms with Crippen LogP contribution in [0.25, 0.3) is 0 Å². The highest BCUT2D eigenvalue weighted by atomic mass is 16.7. The zero-order chi connectivity index (χ0) is 17.8. The first kappa shape index (κ1) is 14.8. The Bertz CT molecular complexity index is 1010. The summed E-state index contributed by atoms with van der Waals surface area (Å²) in [5.74, 6) is 0.290. The molecule has 1 atom stereocenters. The number of non-ortho nitro benzene ring substituents is 1. The maximum atomic E-state index is 12.3. The molecule has 2 aromatic rings. The van der Waals surface area contributed by atoms with Crippen molar-refractivity contribution < 1.29 is 23.9 Å². The Morgan fingerprint density at radius 3 is 2.73 bits per heavy atom. The minimum Gasteiger partial charge on any atom is -0.456 e. The molecule has 0 saturated heterocycles. The SMILES string of the molecule is O=C1OCC2=C1C(c1cccc([N+](=O)[O-])c1)c1cc3c(cc1N2)OCO3. The van der Waals surface area contributed by atoms with Gasteiger partial charge in [-0.1, -0.05) is 12.1 Å². The molecule has 8 heteroatoms. The molecule has 0 aliphatic carbocycles. The number of anilines is 1. The molecule has 3 heterocycles. The van der Waals surface area contributed by atoms with Crippen LogP contribution in [0.2, 0.25) is 0 Å². The monoisotopic (exact) mass is 352 g/mol. The van der Waals surface area contributed by atoms with Gasteiger partial charge in [-0.05, 0) is 17.2 Å². The van der Waals surface area contributed by atoms with Crippen molar-refractivity contribution in [2.24, 2.45) is 0 Å². The van der Waals surface area contributed by atoms with Gasteiger partial charge in [-0.2, -0.15) is 0 Å². The smallest absolute Gasteiger partial charge is 0.337 e. The van der Waals surface area contributed by atoms with Gasteiger partial charge >= 0.3 is 5.97 Å². The average molecular weight is 352 g/mol. The Hall–Kier alpha value is -3.55. The van der Waals surface area contributed by atoms with E-state index in [1.165, 1.54) is 12.1 Å². The van der Waals surface area contributed by atoms with Gasteiger partial charge in [0.2, 0.25) is 6.79 Å². The summed E-state index contributed by atoms with van der Waals surface area (Å²) in [6.45, 7) is 0.280. The zero-order valence-electron chi connectivity index (χ0n) is 13.4. The van der Waals surface area contributed by atoms with E-state index in [4.69, 9.17) is 14.2 Å². The molecule has 5 rings (SSSR count). The number of cyclic esters (lactones) is 1. The quantitative estimate of drug-likeness (QED) is 0.504. The van der Waals surface area contributed by atoms with Crippen LogP contribution in [0.1, 0.15) is 17.0 Å². The van der Waals surface area contributed by atoms with Crippen LogP contribution in [-0.2, 0) is 9.53 Å². The number of hydrogen-bond acceptors (Lipinski definition) is 7. The number of hydrogen-bond donors (Lipinski definition) is 1. The lowest BCUT2D eigenvalue weighted by Gasteiger charge is -2.27. The summed E-state index contributed by atoms with van der Waals surface area (Å²) in [5, 5.41) is 14.4. The summed E-state index contributed by atoms with van der Waals surface area (Å²) in [7, 11) is 0. The van der Waals surface area contributed by atoms with Crippen molar-refractivity contribution in [3.05, 3.63) is 68.9 Å². The van der Waals surface area contributed by atoms with Crippen LogP contribution in [-0.4, -0.2) is 24.3 Å². The summed E-state index contributed by atoms with van der Waals surface area (Å²) in [4.78, 5) is 23.1. The molecule has 26 heavy (non-hydrogen) atoms. The van der Waals surface area contributed by atoms with Crippen molar-refractivity contribution in [3.8, 4) is 11.5 Å². The van der Waals surface area contributed by atoms with E-state index in [2.05, 4.69) is 5.32 Å². The highest BCUT2D eigenvalue weighted by Gasteiger charge is 2.39. The fraction of sp³-hybridized carbons (Fsp3) is 0.167. The van der Waals surface area contributed by atoms with Gasteiger partial charge in [-0.25, -0.2) is 4.79 Å². The number of nitrogens with one attached hydrogen (secondary N) is 1. The average Bonchev–Trinajstić information content (AvgIpc) is 3.24. The van der Waals surface area contributed by atoms with E-state index in [1.807, 2.05) is 12.1 Å². The summed E-state index contributed by atoms with van der Waals surface area (Å²) in [6, 6.07) is 9.92. The second kappa shape index (κ2) is 5.22. The molecule has 0 radical (unpaired) electrons. The van der Waals surface area contributed by atoms with Gasteiger partial charge in [0.1, 0.15) is 6.61 Å². The molecule has 0 fully saturated rings. The van der Waals surface area contributed by atoms with Crippen molar-refractivity contribution >= 4 is 17.3 Å². The Morgan fingerprint density at radius 2 is 1.92 bits per heavy atom. The highest BCUT2D eigenvalue weighted by Crippen LogP contribution is 2.49. The third-order valence-electron chi connectivity index (χ3n) is 4.74. The van der Waals surface area contributed by atoms with E-state index in [1.54, 1.807) is 12.1 Å². The molecule has 1 unspecified atom stereocenters. The fourth-order valence-electron chi connectivity index (χ4n) is 3.60. The van der Waals surface area contributed by atoms with Gasteiger partial charge in [0.05, 0.1) is 16.2 Å². The van der Waals surface area contributed by atoms with Crippen LogP contribution in [0.4, 0.5) is 11.4 Å². The number of carbonyl (C=O) groups is 1. The van der Waals surface area contributed by atoms with Crippen LogP contribution in [0.5, 0.6) is 11.5 Å². The lowest BCUT2D eigenvalue weighted by molar-refractivity contribution is -0.384. The zero-order valence-corrected chi connectivity index (χ0v) is 13.4. The number of nitro benzene ring substituents is 1. The summed E-state index contributed by atoms with van der Waals surface area (Å²) in [6.07, 6.45) is 0. The van der Waals surface area contributed by atoms with Crippen LogP contribution in [0.3, 0.4) is 0 Å². The maximum Gasteiger partial charge on any atom is 0.337 e. The van der Waals surface area contributed by atoms with Gasteiger partial charge in [-0.15, -0.1) is 0 Å². The van der Waals surface area contributed by atoms with Crippen LogP contribution in [0, 0.1) is 10.1 Å². The number of fused-ring (bicyclic) bond motifs is 2. The number of nitrogens with zero attached hydrogens (tertiary/aromatic N) is 1. The van der Waals surface area contributed by atoms with E-state index < -0.39 is 16.8 Å². The minimum absolute atomic E-state index is 0.0307.